The second kappa shape index (κ2) is 7.59. The number of anilines is 1. The van der Waals surface area contributed by atoms with Crippen LogP contribution in [-0.4, -0.2) is 12.5 Å². The highest BCUT2D eigenvalue weighted by Gasteiger charge is 2.25. The molecule has 4 nitrogen and oxygen atoms in total. The van der Waals surface area contributed by atoms with E-state index in [0.29, 0.717) is 34.4 Å². The van der Waals surface area contributed by atoms with Crippen LogP contribution in [0.5, 0.6) is 5.75 Å². The molecule has 1 amide bonds. The summed E-state index contributed by atoms with van der Waals surface area (Å²) in [6, 6.07) is 7.52. The molecule has 0 radical (unpaired) electrons. The maximum atomic E-state index is 12.6. The summed E-state index contributed by atoms with van der Waals surface area (Å²) in [6.45, 7) is 4.70. The Morgan fingerprint density at radius 2 is 2.32 bits per heavy atom. The fourth-order valence-electron chi connectivity index (χ4n) is 3.05. The second-order valence-electron chi connectivity index (χ2n) is 6.20. The van der Waals surface area contributed by atoms with Gasteiger partial charge in [-0.3, -0.25) is 4.79 Å². The molecule has 1 aliphatic carbocycles. The van der Waals surface area contributed by atoms with Gasteiger partial charge in [-0.05, 0) is 71.8 Å². The van der Waals surface area contributed by atoms with Gasteiger partial charge in [-0.2, -0.15) is 5.26 Å². The van der Waals surface area contributed by atoms with E-state index in [1.165, 1.54) is 16.2 Å². The summed E-state index contributed by atoms with van der Waals surface area (Å²) >= 11 is 4.97. The number of nitrogens with zero attached hydrogens (tertiary/aromatic N) is 1. The van der Waals surface area contributed by atoms with Gasteiger partial charge in [0.05, 0.1) is 16.6 Å². The highest BCUT2D eigenvalue weighted by atomic mass is 79.9. The number of nitrogens with one attached hydrogen (secondary N) is 1. The van der Waals surface area contributed by atoms with Crippen molar-refractivity contribution in [2.24, 2.45) is 5.92 Å². The Bertz CT molecular complexity index is 854. The van der Waals surface area contributed by atoms with Gasteiger partial charge in [-0.1, -0.05) is 6.92 Å². The van der Waals surface area contributed by atoms with Crippen molar-refractivity contribution in [2.75, 3.05) is 11.9 Å². The Balaban J connectivity index is 1.84. The number of amides is 1. The van der Waals surface area contributed by atoms with E-state index in [1.807, 2.05) is 6.92 Å². The van der Waals surface area contributed by atoms with Gasteiger partial charge in [0.15, 0.2) is 0 Å². The van der Waals surface area contributed by atoms with Crippen LogP contribution in [0.1, 0.15) is 46.6 Å². The molecule has 0 bridgehead atoms. The number of thiophene rings is 1. The van der Waals surface area contributed by atoms with Crippen molar-refractivity contribution in [3.63, 3.8) is 0 Å². The summed E-state index contributed by atoms with van der Waals surface area (Å²) in [4.78, 5) is 13.8. The summed E-state index contributed by atoms with van der Waals surface area (Å²) in [5.74, 6) is 1.12. The van der Waals surface area contributed by atoms with Crippen LogP contribution >= 0.6 is 27.3 Å². The summed E-state index contributed by atoms with van der Waals surface area (Å²) in [5.41, 5.74) is 2.28. The van der Waals surface area contributed by atoms with Crippen LogP contribution in [0, 0.1) is 17.2 Å². The molecule has 25 heavy (non-hydrogen) atoms. The number of benzene rings is 1. The van der Waals surface area contributed by atoms with E-state index in [4.69, 9.17) is 4.74 Å². The first-order valence-corrected chi connectivity index (χ1v) is 9.92. The molecule has 1 aromatic carbocycles. The lowest BCUT2D eigenvalue weighted by molar-refractivity contribution is 0.102. The third-order valence-corrected chi connectivity index (χ3v) is 6.13. The molecule has 1 aliphatic rings. The fourth-order valence-corrected chi connectivity index (χ4v) is 4.90. The fraction of sp³-hybridized carbons (Fsp3) is 0.368. The number of rotatable bonds is 4. The molecule has 1 N–H and O–H groups in total. The van der Waals surface area contributed by atoms with Gasteiger partial charge >= 0.3 is 0 Å². The van der Waals surface area contributed by atoms with Gasteiger partial charge in [0.1, 0.15) is 16.8 Å². The van der Waals surface area contributed by atoms with Gasteiger partial charge in [0.25, 0.3) is 5.91 Å². The van der Waals surface area contributed by atoms with Crippen molar-refractivity contribution >= 4 is 38.2 Å². The molecule has 1 atom stereocenters. The second-order valence-corrected chi connectivity index (χ2v) is 8.16. The largest absolute Gasteiger partial charge is 0.493 e. The quantitative estimate of drug-likeness (QED) is 0.745. The Morgan fingerprint density at radius 3 is 3.00 bits per heavy atom. The number of hydrogen-bond donors (Lipinski definition) is 1. The maximum absolute atomic E-state index is 12.6. The van der Waals surface area contributed by atoms with Gasteiger partial charge in [-0.25, -0.2) is 0 Å². The Hall–Kier alpha value is -1.84. The van der Waals surface area contributed by atoms with Gasteiger partial charge in [0.2, 0.25) is 0 Å². The van der Waals surface area contributed by atoms with Crippen LogP contribution in [0.4, 0.5) is 5.00 Å². The zero-order valence-electron chi connectivity index (χ0n) is 14.2. The normalized spacial score (nSPS) is 16.0. The predicted octanol–water partition coefficient (Wildman–Crippen LogP) is 5.16. The van der Waals surface area contributed by atoms with Crippen molar-refractivity contribution in [2.45, 2.75) is 33.1 Å². The Morgan fingerprint density at radius 1 is 1.52 bits per heavy atom. The standard InChI is InChI=1S/C19H19BrN2O2S/c1-3-24-16-7-5-12(9-15(16)20)18(23)22-19-14(10-21)13-6-4-11(2)8-17(13)25-19/h5,7,9,11H,3-4,6,8H2,1-2H3,(H,22,23). The lowest BCUT2D eigenvalue weighted by Crippen LogP contribution is -2.12. The first-order chi connectivity index (χ1) is 12.0. The van der Waals surface area contributed by atoms with Crippen LogP contribution in [0.2, 0.25) is 0 Å². The SMILES string of the molecule is CCOc1ccc(C(=O)Nc2sc3c(c2C#N)CCC(C)C3)cc1Br. The number of nitriles is 1. The lowest BCUT2D eigenvalue weighted by atomic mass is 9.88. The molecule has 0 saturated carbocycles. The summed E-state index contributed by atoms with van der Waals surface area (Å²) in [7, 11) is 0. The Kier molecular flexibility index (Phi) is 5.45. The molecule has 0 aliphatic heterocycles. The molecule has 0 fully saturated rings. The van der Waals surface area contributed by atoms with E-state index in [-0.39, 0.29) is 5.91 Å². The highest BCUT2D eigenvalue weighted by Crippen LogP contribution is 2.39. The van der Waals surface area contributed by atoms with E-state index >= 15 is 0 Å². The van der Waals surface area contributed by atoms with Gasteiger partial charge in [-0.15, -0.1) is 11.3 Å². The number of halogens is 1. The van der Waals surface area contributed by atoms with Gasteiger partial charge < -0.3 is 10.1 Å². The van der Waals surface area contributed by atoms with Crippen molar-refractivity contribution < 1.29 is 9.53 Å². The van der Waals surface area contributed by atoms with E-state index in [9.17, 15) is 10.1 Å². The Labute approximate surface area is 159 Å². The molecule has 0 saturated heterocycles. The number of hydrogen-bond acceptors (Lipinski definition) is 4. The molecule has 2 aromatic rings. The predicted molar refractivity (Wildman–Crippen MR) is 103 cm³/mol. The third kappa shape index (κ3) is 3.73. The molecule has 1 unspecified atom stereocenters. The number of ether oxygens (including phenoxy) is 1. The molecule has 3 rings (SSSR count). The molecule has 6 heteroatoms. The van der Waals surface area contributed by atoms with E-state index in [0.717, 1.165) is 29.3 Å². The third-order valence-electron chi connectivity index (χ3n) is 4.34. The van der Waals surface area contributed by atoms with Crippen LogP contribution in [-0.2, 0) is 12.8 Å². The minimum absolute atomic E-state index is 0.216. The van der Waals surface area contributed by atoms with Crippen molar-refractivity contribution in [3.05, 3.63) is 44.2 Å². The molecular weight excluding hydrogens is 400 g/mol. The van der Waals surface area contributed by atoms with Crippen molar-refractivity contribution in [1.82, 2.24) is 0 Å². The number of carbonyl (C=O) groups excluding carboxylic acids is 1. The van der Waals surface area contributed by atoms with E-state index < -0.39 is 0 Å². The smallest absolute Gasteiger partial charge is 0.256 e. The molecule has 1 heterocycles. The van der Waals surface area contributed by atoms with Crippen LogP contribution in [0.25, 0.3) is 0 Å². The zero-order chi connectivity index (χ0) is 18.0. The van der Waals surface area contributed by atoms with E-state index in [1.54, 1.807) is 18.2 Å². The zero-order valence-corrected chi connectivity index (χ0v) is 16.6. The lowest BCUT2D eigenvalue weighted by Gasteiger charge is -2.17. The first kappa shape index (κ1) is 18.0. The van der Waals surface area contributed by atoms with E-state index in [2.05, 4.69) is 34.2 Å². The minimum Gasteiger partial charge on any atom is -0.493 e. The first-order valence-electron chi connectivity index (χ1n) is 8.31. The maximum Gasteiger partial charge on any atom is 0.256 e. The average Bonchev–Trinajstić information content (AvgIpc) is 2.92. The highest BCUT2D eigenvalue weighted by molar-refractivity contribution is 9.10. The van der Waals surface area contributed by atoms with Crippen LogP contribution in [0.3, 0.4) is 0 Å². The topological polar surface area (TPSA) is 62.1 Å². The molecule has 130 valence electrons. The van der Waals surface area contributed by atoms with Crippen LogP contribution in [0.15, 0.2) is 22.7 Å². The average molecular weight is 419 g/mol. The summed E-state index contributed by atoms with van der Waals surface area (Å²) in [6.07, 6.45) is 3.00. The van der Waals surface area contributed by atoms with Crippen molar-refractivity contribution in [3.8, 4) is 11.8 Å². The number of fused-ring (bicyclic) bond motifs is 1. The van der Waals surface area contributed by atoms with Crippen LogP contribution < -0.4 is 10.1 Å². The monoisotopic (exact) mass is 418 g/mol. The molecule has 1 aromatic heterocycles. The summed E-state index contributed by atoms with van der Waals surface area (Å²) in [5, 5.41) is 13.1. The molecule has 0 spiro atoms. The number of carbonyl (C=O) groups is 1. The van der Waals surface area contributed by atoms with Crippen molar-refractivity contribution in [1.29, 1.82) is 5.26 Å². The summed E-state index contributed by atoms with van der Waals surface area (Å²) < 4.78 is 6.21. The molecular formula is C19H19BrN2O2S. The minimum atomic E-state index is -0.216. The van der Waals surface area contributed by atoms with Gasteiger partial charge in [0, 0.05) is 10.4 Å².